The number of rotatable bonds is 7. The number of aliphatic imine (C=N–C) groups is 1. The van der Waals surface area contributed by atoms with Crippen molar-refractivity contribution in [1.82, 2.24) is 35.1 Å². The first-order chi connectivity index (χ1) is 14.0. The van der Waals surface area contributed by atoms with E-state index in [0.717, 1.165) is 38.4 Å². The molecule has 3 heterocycles. The summed E-state index contributed by atoms with van der Waals surface area (Å²) in [6, 6.07) is 0.551. The zero-order valence-electron chi connectivity index (χ0n) is 18.3. The topological polar surface area (TPSA) is 78.5 Å². The molecule has 0 aliphatic carbocycles. The van der Waals surface area contributed by atoms with Gasteiger partial charge in [0.05, 0.1) is 30.7 Å². The molecule has 1 saturated heterocycles. The van der Waals surface area contributed by atoms with Crippen LogP contribution in [0.25, 0.3) is 0 Å². The molecule has 2 unspecified atom stereocenters. The Hall–Kier alpha value is -2.55. The molecule has 0 aromatic carbocycles. The fraction of sp³-hybridized carbons (Fsp3) is 0.650. The van der Waals surface area contributed by atoms with Gasteiger partial charge in [-0.25, -0.2) is 0 Å². The number of aryl methyl sites for hydroxylation is 2. The second-order valence-electron chi connectivity index (χ2n) is 7.95. The molecular formula is C20H35N9. The highest BCUT2D eigenvalue weighted by atomic mass is 15.3. The van der Waals surface area contributed by atoms with Crippen LogP contribution in [0.15, 0.2) is 29.8 Å². The number of hydrogen-bond acceptors (Lipinski definition) is 5. The summed E-state index contributed by atoms with van der Waals surface area (Å²) in [5, 5.41) is 15.7. The van der Waals surface area contributed by atoms with Crippen molar-refractivity contribution < 1.29 is 0 Å². The Kier molecular flexibility index (Phi) is 7.13. The van der Waals surface area contributed by atoms with Crippen LogP contribution in [0.2, 0.25) is 0 Å². The fourth-order valence-electron chi connectivity index (χ4n) is 3.77. The maximum absolute atomic E-state index is 4.90. The summed E-state index contributed by atoms with van der Waals surface area (Å²) in [7, 11) is 8.08. The van der Waals surface area contributed by atoms with Crippen LogP contribution >= 0.6 is 0 Å². The van der Waals surface area contributed by atoms with Gasteiger partial charge in [0, 0.05) is 57.7 Å². The van der Waals surface area contributed by atoms with Gasteiger partial charge < -0.3 is 20.4 Å². The SMILES string of the molecule is CCNC(=NCC(c1cnn(C)c1)N(C)C)NC1CCCN(c2cnn(C)c2)C1. The van der Waals surface area contributed by atoms with Gasteiger partial charge in [0.2, 0.25) is 0 Å². The third-order valence-corrected chi connectivity index (χ3v) is 5.32. The van der Waals surface area contributed by atoms with Crippen LogP contribution in [0.1, 0.15) is 31.4 Å². The van der Waals surface area contributed by atoms with Crippen LogP contribution < -0.4 is 15.5 Å². The van der Waals surface area contributed by atoms with E-state index in [4.69, 9.17) is 4.99 Å². The highest BCUT2D eigenvalue weighted by Crippen LogP contribution is 2.20. The Labute approximate surface area is 173 Å². The van der Waals surface area contributed by atoms with Gasteiger partial charge in [-0.05, 0) is 33.9 Å². The molecule has 9 heteroatoms. The minimum atomic E-state index is 0.192. The molecule has 0 saturated carbocycles. The number of aromatic nitrogens is 4. The van der Waals surface area contributed by atoms with Crippen LogP contribution in [0.5, 0.6) is 0 Å². The minimum Gasteiger partial charge on any atom is -0.367 e. The molecule has 0 amide bonds. The van der Waals surface area contributed by atoms with Crippen LogP contribution in [0.3, 0.4) is 0 Å². The summed E-state index contributed by atoms with van der Waals surface area (Å²) in [4.78, 5) is 9.49. The van der Waals surface area contributed by atoms with Gasteiger partial charge >= 0.3 is 0 Å². The van der Waals surface area contributed by atoms with Crippen LogP contribution in [-0.4, -0.2) is 76.7 Å². The average Bonchev–Trinajstić information content (AvgIpc) is 3.30. The van der Waals surface area contributed by atoms with E-state index in [9.17, 15) is 0 Å². The van der Waals surface area contributed by atoms with E-state index in [1.165, 1.54) is 11.3 Å². The molecule has 9 nitrogen and oxygen atoms in total. The van der Waals surface area contributed by atoms with Gasteiger partial charge in [0.15, 0.2) is 5.96 Å². The number of nitrogens with one attached hydrogen (secondary N) is 2. The number of piperidine rings is 1. The van der Waals surface area contributed by atoms with E-state index < -0.39 is 0 Å². The maximum atomic E-state index is 4.90. The lowest BCUT2D eigenvalue weighted by Crippen LogP contribution is -2.51. The zero-order chi connectivity index (χ0) is 20.8. The normalized spacial score (nSPS) is 18.9. The standard InChI is InChI=1S/C20H35N9/c1-6-21-20(22-12-19(26(2)3)16-10-23-27(4)13-16)25-17-8-7-9-29(14-17)18-11-24-28(5)15-18/h10-11,13,15,17,19H,6-9,12,14H2,1-5H3,(H2,21,22,25). The third-order valence-electron chi connectivity index (χ3n) is 5.32. The second kappa shape index (κ2) is 9.78. The van der Waals surface area contributed by atoms with Gasteiger partial charge in [-0.15, -0.1) is 0 Å². The minimum absolute atomic E-state index is 0.192. The molecule has 0 spiro atoms. The lowest BCUT2D eigenvalue weighted by Gasteiger charge is -2.34. The van der Waals surface area contributed by atoms with Crippen molar-refractivity contribution >= 4 is 11.6 Å². The fourth-order valence-corrected chi connectivity index (χ4v) is 3.77. The molecule has 2 N–H and O–H groups in total. The molecule has 160 valence electrons. The summed E-state index contributed by atoms with van der Waals surface area (Å²) in [5.41, 5.74) is 2.36. The highest BCUT2D eigenvalue weighted by Gasteiger charge is 2.22. The predicted octanol–water partition coefficient (Wildman–Crippen LogP) is 0.980. The first-order valence-electron chi connectivity index (χ1n) is 10.4. The summed E-state index contributed by atoms with van der Waals surface area (Å²) in [6.45, 7) is 5.64. The lowest BCUT2D eigenvalue weighted by atomic mass is 10.1. The molecule has 0 bridgehead atoms. The molecule has 2 aromatic rings. The maximum Gasteiger partial charge on any atom is 0.191 e. The van der Waals surface area contributed by atoms with Gasteiger partial charge in [0.25, 0.3) is 0 Å². The van der Waals surface area contributed by atoms with E-state index in [-0.39, 0.29) is 6.04 Å². The number of hydrogen-bond donors (Lipinski definition) is 2. The van der Waals surface area contributed by atoms with Crippen LogP contribution in [-0.2, 0) is 14.1 Å². The molecule has 2 aromatic heterocycles. The quantitative estimate of drug-likeness (QED) is 0.532. The van der Waals surface area contributed by atoms with Gasteiger partial charge in [-0.2, -0.15) is 10.2 Å². The molecular weight excluding hydrogens is 366 g/mol. The van der Waals surface area contributed by atoms with Crippen molar-refractivity contribution in [1.29, 1.82) is 0 Å². The van der Waals surface area contributed by atoms with Crippen LogP contribution in [0.4, 0.5) is 5.69 Å². The monoisotopic (exact) mass is 401 g/mol. The molecule has 0 radical (unpaired) electrons. The van der Waals surface area contributed by atoms with Gasteiger partial charge in [0.1, 0.15) is 0 Å². The van der Waals surface area contributed by atoms with Crippen molar-refractivity contribution in [3.63, 3.8) is 0 Å². The van der Waals surface area contributed by atoms with Crippen molar-refractivity contribution in [3.05, 3.63) is 30.4 Å². The Balaban J connectivity index is 1.65. The Bertz CT molecular complexity index is 791. The molecule has 1 aliphatic rings. The van der Waals surface area contributed by atoms with E-state index in [2.05, 4.69) is 64.0 Å². The smallest absolute Gasteiger partial charge is 0.191 e. The molecule has 2 atom stereocenters. The third kappa shape index (κ3) is 5.72. The van der Waals surface area contributed by atoms with E-state index in [1.807, 2.05) is 35.9 Å². The number of nitrogens with zero attached hydrogens (tertiary/aromatic N) is 7. The molecule has 29 heavy (non-hydrogen) atoms. The number of guanidine groups is 1. The first-order valence-corrected chi connectivity index (χ1v) is 10.4. The molecule has 1 aliphatic heterocycles. The Morgan fingerprint density at radius 2 is 2.00 bits per heavy atom. The zero-order valence-corrected chi connectivity index (χ0v) is 18.3. The predicted molar refractivity (Wildman–Crippen MR) is 117 cm³/mol. The second-order valence-corrected chi connectivity index (χ2v) is 7.95. The molecule has 1 fully saturated rings. The summed E-state index contributed by atoms with van der Waals surface area (Å²) < 4.78 is 3.70. The van der Waals surface area contributed by atoms with E-state index in [0.29, 0.717) is 12.6 Å². The van der Waals surface area contributed by atoms with Gasteiger partial charge in [-0.3, -0.25) is 14.4 Å². The van der Waals surface area contributed by atoms with Gasteiger partial charge in [-0.1, -0.05) is 0 Å². The largest absolute Gasteiger partial charge is 0.367 e. The Morgan fingerprint density at radius 3 is 2.62 bits per heavy atom. The Morgan fingerprint density at radius 1 is 1.24 bits per heavy atom. The van der Waals surface area contributed by atoms with E-state index >= 15 is 0 Å². The summed E-state index contributed by atoms with van der Waals surface area (Å²) in [5.74, 6) is 0.876. The van der Waals surface area contributed by atoms with Crippen molar-refractivity contribution in [3.8, 4) is 0 Å². The average molecular weight is 402 g/mol. The van der Waals surface area contributed by atoms with Crippen molar-refractivity contribution in [2.75, 3.05) is 45.2 Å². The molecule has 3 rings (SSSR count). The van der Waals surface area contributed by atoms with Crippen molar-refractivity contribution in [2.24, 2.45) is 19.1 Å². The van der Waals surface area contributed by atoms with Crippen molar-refractivity contribution in [2.45, 2.75) is 31.8 Å². The summed E-state index contributed by atoms with van der Waals surface area (Å²) >= 11 is 0. The highest BCUT2D eigenvalue weighted by molar-refractivity contribution is 5.80. The van der Waals surface area contributed by atoms with Crippen LogP contribution in [0, 0.1) is 0 Å². The first kappa shape index (κ1) is 21.2. The lowest BCUT2D eigenvalue weighted by molar-refractivity contribution is 0.306. The van der Waals surface area contributed by atoms with E-state index in [1.54, 1.807) is 0 Å². The number of likely N-dealkylation sites (N-methyl/N-ethyl adjacent to an activating group) is 1. The summed E-state index contributed by atoms with van der Waals surface area (Å²) in [6.07, 6.45) is 10.3. The number of anilines is 1.